The highest BCUT2D eigenvalue weighted by Gasteiger charge is 2.22. The van der Waals surface area contributed by atoms with E-state index >= 15 is 0 Å². The summed E-state index contributed by atoms with van der Waals surface area (Å²) in [6.45, 7) is 0. The van der Waals surface area contributed by atoms with Crippen molar-refractivity contribution in [3.05, 3.63) is 52.1 Å². The molecule has 126 valence electrons. The van der Waals surface area contributed by atoms with E-state index in [1.165, 1.54) is 33.5 Å². The summed E-state index contributed by atoms with van der Waals surface area (Å²) in [6, 6.07) is 9.09. The molecule has 0 aliphatic carbocycles. The maximum atomic E-state index is 12.4. The lowest BCUT2D eigenvalue weighted by atomic mass is 10.1. The molecular weight excluding hydrogens is 316 g/mol. The van der Waals surface area contributed by atoms with Crippen molar-refractivity contribution in [1.29, 1.82) is 0 Å². The Kier molecular flexibility index (Phi) is 5.20. The van der Waals surface area contributed by atoms with Gasteiger partial charge in [-0.3, -0.25) is 14.9 Å². The van der Waals surface area contributed by atoms with Gasteiger partial charge in [0.15, 0.2) is 11.5 Å². The number of nitrogens with zero attached hydrogens (tertiary/aromatic N) is 1. The van der Waals surface area contributed by atoms with Crippen LogP contribution in [0.5, 0.6) is 17.2 Å². The third kappa shape index (κ3) is 3.37. The third-order valence-corrected chi connectivity index (χ3v) is 3.30. The van der Waals surface area contributed by atoms with Gasteiger partial charge in [0.25, 0.3) is 11.6 Å². The van der Waals surface area contributed by atoms with Crippen molar-refractivity contribution in [2.24, 2.45) is 0 Å². The first-order chi connectivity index (χ1) is 11.5. The molecule has 8 heteroatoms. The van der Waals surface area contributed by atoms with Crippen molar-refractivity contribution in [1.82, 2.24) is 0 Å². The fourth-order valence-corrected chi connectivity index (χ4v) is 2.14. The van der Waals surface area contributed by atoms with Crippen LogP contribution in [0.1, 0.15) is 10.4 Å². The number of ether oxygens (including phenoxy) is 3. The van der Waals surface area contributed by atoms with Crippen molar-refractivity contribution >= 4 is 17.3 Å². The topological polar surface area (TPSA) is 99.9 Å². The van der Waals surface area contributed by atoms with Crippen molar-refractivity contribution in [3.63, 3.8) is 0 Å². The highest BCUT2D eigenvalue weighted by atomic mass is 16.6. The van der Waals surface area contributed by atoms with E-state index in [1.807, 2.05) is 0 Å². The van der Waals surface area contributed by atoms with Gasteiger partial charge in [0.1, 0.15) is 11.4 Å². The SMILES string of the molecule is COc1cc(NC(=O)c2ccccc2OC)c([N+](=O)[O-])cc1OC. The minimum Gasteiger partial charge on any atom is -0.496 e. The van der Waals surface area contributed by atoms with Crippen LogP contribution in [0.3, 0.4) is 0 Å². The number of rotatable bonds is 6. The van der Waals surface area contributed by atoms with Gasteiger partial charge in [0.2, 0.25) is 0 Å². The summed E-state index contributed by atoms with van der Waals surface area (Å²) in [5.74, 6) is 0.277. The lowest BCUT2D eigenvalue weighted by molar-refractivity contribution is -0.384. The molecule has 0 heterocycles. The van der Waals surface area contributed by atoms with Crippen LogP contribution >= 0.6 is 0 Å². The number of carbonyl (C=O) groups is 1. The van der Waals surface area contributed by atoms with E-state index in [0.717, 1.165) is 0 Å². The van der Waals surface area contributed by atoms with Crippen LogP contribution in [0.2, 0.25) is 0 Å². The predicted molar refractivity (Wildman–Crippen MR) is 87.1 cm³/mol. The molecule has 0 saturated heterocycles. The summed E-state index contributed by atoms with van der Waals surface area (Å²) >= 11 is 0. The monoisotopic (exact) mass is 332 g/mol. The Labute approximate surface area is 138 Å². The molecule has 1 N–H and O–H groups in total. The first kappa shape index (κ1) is 17.1. The lowest BCUT2D eigenvalue weighted by Gasteiger charge is -2.12. The molecule has 0 radical (unpaired) electrons. The number of nitro benzene ring substituents is 1. The van der Waals surface area contributed by atoms with Gasteiger partial charge in [-0.2, -0.15) is 0 Å². The molecule has 0 fully saturated rings. The molecule has 24 heavy (non-hydrogen) atoms. The zero-order chi connectivity index (χ0) is 17.7. The van der Waals surface area contributed by atoms with E-state index in [1.54, 1.807) is 24.3 Å². The molecule has 2 aromatic carbocycles. The molecule has 0 bridgehead atoms. The first-order valence-electron chi connectivity index (χ1n) is 6.86. The first-order valence-corrected chi connectivity index (χ1v) is 6.86. The molecule has 2 rings (SSSR count). The molecule has 2 aromatic rings. The average Bonchev–Trinajstić information content (AvgIpc) is 2.60. The molecule has 0 spiro atoms. The zero-order valence-electron chi connectivity index (χ0n) is 13.4. The van der Waals surface area contributed by atoms with Crippen LogP contribution in [0, 0.1) is 10.1 Å². The number of nitro groups is 1. The largest absolute Gasteiger partial charge is 0.496 e. The molecule has 8 nitrogen and oxygen atoms in total. The summed E-state index contributed by atoms with van der Waals surface area (Å²) in [5.41, 5.74) is -0.0615. The van der Waals surface area contributed by atoms with Gasteiger partial charge in [-0.15, -0.1) is 0 Å². The van der Waals surface area contributed by atoms with Gasteiger partial charge in [-0.25, -0.2) is 0 Å². The van der Waals surface area contributed by atoms with Crippen LogP contribution in [-0.2, 0) is 0 Å². The number of para-hydroxylation sites is 1. The van der Waals surface area contributed by atoms with Gasteiger partial charge < -0.3 is 19.5 Å². The van der Waals surface area contributed by atoms with Crippen LogP contribution in [0.4, 0.5) is 11.4 Å². The lowest BCUT2D eigenvalue weighted by Crippen LogP contribution is -2.14. The zero-order valence-corrected chi connectivity index (χ0v) is 13.4. The second-order valence-corrected chi connectivity index (χ2v) is 4.64. The minimum absolute atomic E-state index is 0.00597. The van der Waals surface area contributed by atoms with E-state index in [2.05, 4.69) is 5.32 Å². The van der Waals surface area contributed by atoms with Crippen molar-refractivity contribution in [2.45, 2.75) is 0 Å². The average molecular weight is 332 g/mol. The van der Waals surface area contributed by atoms with Crippen LogP contribution in [-0.4, -0.2) is 32.2 Å². The Balaban J connectivity index is 2.44. The summed E-state index contributed by atoms with van der Waals surface area (Å²) in [6.07, 6.45) is 0. The molecule has 0 saturated carbocycles. The van der Waals surface area contributed by atoms with Crippen LogP contribution in [0.15, 0.2) is 36.4 Å². The van der Waals surface area contributed by atoms with E-state index in [9.17, 15) is 14.9 Å². The molecule has 1 amide bonds. The number of carbonyl (C=O) groups excluding carboxylic acids is 1. The van der Waals surface area contributed by atoms with Crippen molar-refractivity contribution in [3.8, 4) is 17.2 Å². The summed E-state index contributed by atoms with van der Waals surface area (Å²) < 4.78 is 15.3. The normalized spacial score (nSPS) is 9.96. The molecule has 0 aliphatic heterocycles. The maximum Gasteiger partial charge on any atom is 0.296 e. The van der Waals surface area contributed by atoms with Crippen molar-refractivity contribution in [2.75, 3.05) is 26.6 Å². The number of methoxy groups -OCH3 is 3. The Morgan fingerprint density at radius 3 is 2.17 bits per heavy atom. The standard InChI is InChI=1S/C16H16N2O6/c1-22-13-7-5-4-6-10(13)16(19)17-11-8-14(23-2)15(24-3)9-12(11)18(20)21/h4-9H,1-3H3,(H,17,19). The quantitative estimate of drug-likeness (QED) is 0.645. The van der Waals surface area contributed by atoms with Crippen LogP contribution in [0.25, 0.3) is 0 Å². The second kappa shape index (κ2) is 7.32. The Bertz CT molecular complexity index is 775. The summed E-state index contributed by atoms with van der Waals surface area (Å²) in [5, 5.41) is 13.8. The maximum absolute atomic E-state index is 12.4. The second-order valence-electron chi connectivity index (χ2n) is 4.64. The van der Waals surface area contributed by atoms with E-state index < -0.39 is 10.8 Å². The molecular formula is C16H16N2O6. The van der Waals surface area contributed by atoms with Gasteiger partial charge in [0.05, 0.1) is 37.9 Å². The number of amides is 1. The minimum atomic E-state index is -0.611. The summed E-state index contributed by atoms with van der Waals surface area (Å²) in [7, 11) is 4.20. The molecule has 0 aromatic heterocycles. The van der Waals surface area contributed by atoms with Gasteiger partial charge in [0, 0.05) is 6.07 Å². The Morgan fingerprint density at radius 1 is 1.00 bits per heavy atom. The number of anilines is 1. The third-order valence-electron chi connectivity index (χ3n) is 3.30. The van der Waals surface area contributed by atoms with Crippen LogP contribution < -0.4 is 19.5 Å². The van der Waals surface area contributed by atoms with Crippen molar-refractivity contribution < 1.29 is 23.9 Å². The molecule has 0 aliphatic rings. The van der Waals surface area contributed by atoms with E-state index in [0.29, 0.717) is 5.75 Å². The van der Waals surface area contributed by atoms with Gasteiger partial charge >= 0.3 is 0 Å². The van der Waals surface area contributed by atoms with E-state index in [-0.39, 0.29) is 28.4 Å². The highest BCUT2D eigenvalue weighted by Crippen LogP contribution is 2.38. The van der Waals surface area contributed by atoms with Gasteiger partial charge in [-0.1, -0.05) is 12.1 Å². The fraction of sp³-hybridized carbons (Fsp3) is 0.188. The highest BCUT2D eigenvalue weighted by molar-refractivity contribution is 6.07. The predicted octanol–water partition coefficient (Wildman–Crippen LogP) is 2.87. The Hall–Kier alpha value is -3.29. The Morgan fingerprint density at radius 2 is 1.58 bits per heavy atom. The smallest absolute Gasteiger partial charge is 0.296 e. The summed E-state index contributed by atoms with van der Waals surface area (Å²) in [4.78, 5) is 23.1. The fourth-order valence-electron chi connectivity index (χ4n) is 2.14. The number of hydrogen-bond donors (Lipinski definition) is 1. The number of nitrogens with one attached hydrogen (secondary N) is 1. The number of hydrogen-bond acceptors (Lipinski definition) is 6. The molecule has 0 atom stereocenters. The number of benzene rings is 2. The van der Waals surface area contributed by atoms with E-state index in [4.69, 9.17) is 14.2 Å². The molecule has 0 unspecified atom stereocenters. The van der Waals surface area contributed by atoms with Gasteiger partial charge in [-0.05, 0) is 12.1 Å².